The monoisotopic (exact) mass is 367 g/mol. The van der Waals surface area contributed by atoms with E-state index in [9.17, 15) is 9.59 Å². The first-order valence-corrected chi connectivity index (χ1v) is 8.93. The first-order chi connectivity index (χ1) is 12.3. The highest BCUT2D eigenvalue weighted by molar-refractivity contribution is 8.00. The van der Waals surface area contributed by atoms with Gasteiger partial charge in [0.15, 0.2) is 5.78 Å². The van der Waals surface area contributed by atoms with E-state index in [0.717, 1.165) is 11.9 Å². The van der Waals surface area contributed by atoms with Gasteiger partial charge in [-0.2, -0.15) is 10.2 Å². The summed E-state index contributed by atoms with van der Waals surface area (Å²) in [4.78, 5) is 24.0. The van der Waals surface area contributed by atoms with Crippen LogP contribution >= 0.6 is 11.9 Å². The quantitative estimate of drug-likeness (QED) is 0.395. The minimum atomic E-state index is -0.415. The molecule has 0 saturated carbocycles. The number of amides is 1. The molecule has 0 aromatic heterocycles. The van der Waals surface area contributed by atoms with E-state index in [-0.39, 0.29) is 11.7 Å². The van der Waals surface area contributed by atoms with E-state index < -0.39 is 5.41 Å². The van der Waals surface area contributed by atoms with Crippen LogP contribution in [0.2, 0.25) is 0 Å². The van der Waals surface area contributed by atoms with Gasteiger partial charge in [0.2, 0.25) is 0 Å². The lowest BCUT2D eigenvalue weighted by molar-refractivity contribution is 0.0858. The fourth-order valence-corrected chi connectivity index (χ4v) is 2.37. The number of nitrogens with one attached hydrogen (secondary N) is 1. The molecule has 0 aliphatic carbocycles. The molecule has 26 heavy (non-hydrogen) atoms. The number of rotatable bonds is 6. The smallest absolute Gasteiger partial charge is 0.261 e. The number of Topliss-reactive ketones (excluding diaryl/α,β-unsaturated/α-hetero) is 1. The number of azo groups is 1. The third-order valence-electron chi connectivity index (χ3n) is 3.46. The lowest BCUT2D eigenvalue weighted by atomic mass is 9.86. The molecular formula is C20H21N3O2S. The zero-order chi connectivity index (χ0) is 19.2. The highest BCUT2D eigenvalue weighted by Gasteiger charge is 2.22. The van der Waals surface area contributed by atoms with E-state index in [1.165, 1.54) is 0 Å². The normalized spacial score (nSPS) is 11.3. The lowest BCUT2D eigenvalue weighted by Gasteiger charge is -2.16. The highest BCUT2D eigenvalue weighted by Crippen LogP contribution is 2.24. The Bertz CT molecular complexity index is 820. The van der Waals surface area contributed by atoms with Crippen LogP contribution in [-0.4, -0.2) is 11.7 Å². The van der Waals surface area contributed by atoms with Crippen molar-refractivity contribution < 1.29 is 9.59 Å². The molecule has 2 aromatic rings. The molecule has 0 fully saturated rings. The number of nitrogens with zero attached hydrogens (tertiary/aromatic N) is 2. The van der Waals surface area contributed by atoms with Crippen molar-refractivity contribution in [1.82, 2.24) is 4.72 Å². The number of hydrogen-bond donors (Lipinski definition) is 1. The molecule has 2 rings (SSSR count). The number of ketones is 1. The van der Waals surface area contributed by atoms with Crippen molar-refractivity contribution in [1.29, 1.82) is 0 Å². The molecule has 0 heterocycles. The second-order valence-corrected chi connectivity index (χ2v) is 7.36. The number of hydrogen-bond acceptors (Lipinski definition) is 5. The van der Waals surface area contributed by atoms with E-state index in [1.54, 1.807) is 53.9 Å². The van der Waals surface area contributed by atoms with Crippen molar-refractivity contribution in [2.75, 3.05) is 0 Å². The summed E-state index contributed by atoms with van der Waals surface area (Å²) in [6.07, 6.45) is 0. The first kappa shape index (κ1) is 19.6. The number of carbonyl (C=O) groups is 2. The zero-order valence-corrected chi connectivity index (χ0v) is 15.8. The summed E-state index contributed by atoms with van der Waals surface area (Å²) in [5, 5.41) is 9.85. The van der Waals surface area contributed by atoms with E-state index in [0.29, 0.717) is 22.5 Å². The fourth-order valence-electron chi connectivity index (χ4n) is 2.06. The highest BCUT2D eigenvalue weighted by atomic mass is 32.2. The summed E-state index contributed by atoms with van der Waals surface area (Å²) < 4.78 is 2.63. The Balaban J connectivity index is 2.04. The molecule has 6 heteroatoms. The molecular weight excluding hydrogens is 346 g/mol. The number of carbonyl (C=O) groups excluding carboxylic acids is 2. The Labute approximate surface area is 157 Å². The molecule has 134 valence electrons. The summed E-state index contributed by atoms with van der Waals surface area (Å²) in [6, 6.07) is 13.8. The van der Waals surface area contributed by atoms with Gasteiger partial charge in [0.25, 0.3) is 5.91 Å². The average Bonchev–Trinajstić information content (AvgIpc) is 2.64. The van der Waals surface area contributed by atoms with Crippen LogP contribution in [0.25, 0.3) is 0 Å². The maximum atomic E-state index is 12.2. The molecule has 0 saturated heterocycles. The molecule has 0 atom stereocenters. The second kappa shape index (κ2) is 8.58. The Morgan fingerprint density at radius 3 is 1.81 bits per heavy atom. The Hall–Kier alpha value is -2.73. The van der Waals surface area contributed by atoms with E-state index in [4.69, 9.17) is 0 Å². The van der Waals surface area contributed by atoms with E-state index in [1.807, 2.05) is 20.8 Å². The SMILES string of the molecule is C=CSNC(=O)c1ccc(/N=N/c2ccc(C(=O)C(C)(C)C)cc2)cc1. The largest absolute Gasteiger partial charge is 0.294 e. The van der Waals surface area contributed by atoms with Crippen LogP contribution in [0.5, 0.6) is 0 Å². The molecule has 0 radical (unpaired) electrons. The van der Waals surface area contributed by atoms with Gasteiger partial charge in [-0.05, 0) is 65.9 Å². The minimum Gasteiger partial charge on any atom is -0.294 e. The minimum absolute atomic E-state index is 0.0875. The molecule has 1 amide bonds. The van der Waals surface area contributed by atoms with Crippen LogP contribution < -0.4 is 4.72 Å². The third kappa shape index (κ3) is 5.39. The van der Waals surface area contributed by atoms with Crippen LogP contribution in [-0.2, 0) is 0 Å². The molecule has 0 unspecified atom stereocenters. The molecule has 0 aliphatic rings. The second-order valence-electron chi connectivity index (χ2n) is 6.59. The molecule has 0 spiro atoms. The molecule has 1 N–H and O–H groups in total. The predicted molar refractivity (Wildman–Crippen MR) is 106 cm³/mol. The van der Waals surface area contributed by atoms with Gasteiger partial charge in [-0.15, -0.1) is 0 Å². The van der Waals surface area contributed by atoms with E-state index >= 15 is 0 Å². The van der Waals surface area contributed by atoms with Crippen molar-refractivity contribution >= 4 is 35.0 Å². The van der Waals surface area contributed by atoms with Crippen LogP contribution in [0.4, 0.5) is 11.4 Å². The van der Waals surface area contributed by atoms with Gasteiger partial charge < -0.3 is 0 Å². The predicted octanol–water partition coefficient (Wildman–Crippen LogP) is 5.85. The van der Waals surface area contributed by atoms with Crippen molar-refractivity contribution in [3.8, 4) is 0 Å². The van der Waals surface area contributed by atoms with Gasteiger partial charge in [0.1, 0.15) is 0 Å². The summed E-state index contributed by atoms with van der Waals surface area (Å²) >= 11 is 1.13. The van der Waals surface area contributed by atoms with Crippen molar-refractivity contribution in [3.63, 3.8) is 0 Å². The molecule has 0 aliphatic heterocycles. The summed E-state index contributed by atoms with van der Waals surface area (Å²) in [6.45, 7) is 9.20. The van der Waals surface area contributed by atoms with Crippen molar-refractivity contribution in [2.45, 2.75) is 20.8 Å². The number of benzene rings is 2. The van der Waals surface area contributed by atoms with Crippen LogP contribution in [0.3, 0.4) is 0 Å². The van der Waals surface area contributed by atoms with Crippen LogP contribution in [0, 0.1) is 5.41 Å². The van der Waals surface area contributed by atoms with Crippen LogP contribution in [0.1, 0.15) is 41.5 Å². The maximum absolute atomic E-state index is 12.2. The van der Waals surface area contributed by atoms with Gasteiger partial charge in [-0.3, -0.25) is 14.3 Å². The Morgan fingerprint density at radius 1 is 0.923 bits per heavy atom. The van der Waals surface area contributed by atoms with Crippen molar-refractivity contribution in [2.24, 2.45) is 15.6 Å². The topological polar surface area (TPSA) is 70.9 Å². The Morgan fingerprint density at radius 2 is 1.38 bits per heavy atom. The first-order valence-electron chi connectivity index (χ1n) is 8.05. The molecule has 0 bridgehead atoms. The van der Waals surface area contributed by atoms with Crippen molar-refractivity contribution in [3.05, 3.63) is 71.6 Å². The average molecular weight is 367 g/mol. The van der Waals surface area contributed by atoms with Gasteiger partial charge in [0.05, 0.1) is 11.4 Å². The summed E-state index contributed by atoms with van der Waals surface area (Å²) in [7, 11) is 0. The molecule has 2 aromatic carbocycles. The standard InChI is InChI=1S/C20H21N3O2S/c1-5-26-23-19(25)15-8-12-17(13-9-15)22-21-16-10-6-14(7-11-16)18(24)20(2,3)4/h5-13H,1H2,2-4H3,(H,23,25)/b22-21+. The summed E-state index contributed by atoms with van der Waals surface area (Å²) in [5.41, 5.74) is 2.06. The third-order valence-corrected chi connectivity index (χ3v) is 3.93. The van der Waals surface area contributed by atoms with Gasteiger partial charge in [0, 0.05) is 16.5 Å². The van der Waals surface area contributed by atoms with Gasteiger partial charge >= 0.3 is 0 Å². The summed E-state index contributed by atoms with van der Waals surface area (Å²) in [5.74, 6) is -0.109. The Kier molecular flexibility index (Phi) is 6.46. The van der Waals surface area contributed by atoms with E-state index in [2.05, 4.69) is 21.5 Å². The molecule has 5 nitrogen and oxygen atoms in total. The van der Waals surface area contributed by atoms with Crippen LogP contribution in [0.15, 0.2) is 70.7 Å². The van der Waals surface area contributed by atoms with Gasteiger partial charge in [-0.1, -0.05) is 27.4 Å². The van der Waals surface area contributed by atoms with Gasteiger partial charge in [-0.25, -0.2) is 0 Å². The maximum Gasteiger partial charge on any atom is 0.261 e. The zero-order valence-electron chi connectivity index (χ0n) is 15.0. The fraction of sp³-hybridized carbons (Fsp3) is 0.200. The lowest BCUT2D eigenvalue weighted by Crippen LogP contribution is -2.19.